The molecule has 1 heterocycles. The molecular weight excluding hydrogens is 723 g/mol. The number of carbonyl (C=O) groups is 3. The van der Waals surface area contributed by atoms with E-state index in [-0.39, 0.29) is 23.6 Å². The Morgan fingerprint density at radius 1 is 0.632 bits per heavy atom. The second-order valence-corrected chi connectivity index (χ2v) is 14.3. The van der Waals surface area contributed by atoms with Gasteiger partial charge in [-0.05, 0) is 60.9 Å². The minimum absolute atomic E-state index is 0.0456. The molecule has 3 N–H and O–H groups in total. The van der Waals surface area contributed by atoms with E-state index in [2.05, 4.69) is 46.3 Å². The molecule has 0 unspecified atom stereocenters. The van der Waals surface area contributed by atoms with Crippen molar-refractivity contribution in [3.63, 3.8) is 0 Å². The highest BCUT2D eigenvalue weighted by Gasteiger charge is 2.22. The highest BCUT2D eigenvalue weighted by atomic mass is 16.6. The molecule has 306 valence electrons. The zero-order chi connectivity index (χ0) is 39.9. The zero-order valence-corrected chi connectivity index (χ0v) is 33.4. The van der Waals surface area contributed by atoms with Crippen LogP contribution in [0.15, 0.2) is 72.8 Å². The summed E-state index contributed by atoms with van der Waals surface area (Å²) in [5.41, 5.74) is 5.56. The third-order valence-corrected chi connectivity index (χ3v) is 9.70. The number of para-hydroxylation sites is 1. The van der Waals surface area contributed by atoms with E-state index in [0.29, 0.717) is 97.5 Å². The van der Waals surface area contributed by atoms with Crippen molar-refractivity contribution in [2.75, 3.05) is 71.3 Å². The van der Waals surface area contributed by atoms with Crippen LogP contribution in [0.4, 0.5) is 5.82 Å². The maximum absolute atomic E-state index is 12.7. The Kier molecular flexibility index (Phi) is 18.9. The fourth-order valence-corrected chi connectivity index (χ4v) is 6.70. The van der Waals surface area contributed by atoms with Crippen molar-refractivity contribution in [2.24, 2.45) is 0 Å². The van der Waals surface area contributed by atoms with Crippen molar-refractivity contribution in [3.05, 3.63) is 89.5 Å². The zero-order valence-electron chi connectivity index (χ0n) is 33.4. The summed E-state index contributed by atoms with van der Waals surface area (Å²) in [6.07, 6.45) is 7.01. The molecule has 4 aromatic rings. The molecule has 3 aromatic carbocycles. The number of nitrogens with zero attached hydrogens (tertiary/aromatic N) is 2. The van der Waals surface area contributed by atoms with Crippen LogP contribution < -0.4 is 16.0 Å². The first-order chi connectivity index (χ1) is 28.0. The molecule has 0 saturated carbocycles. The van der Waals surface area contributed by atoms with Crippen LogP contribution in [-0.4, -0.2) is 99.6 Å². The Labute approximate surface area is 336 Å². The number of rotatable bonds is 28. The first-order valence-corrected chi connectivity index (χ1v) is 20.5. The quantitative estimate of drug-likeness (QED) is 0.0583. The van der Waals surface area contributed by atoms with Crippen molar-refractivity contribution >= 4 is 34.3 Å². The van der Waals surface area contributed by atoms with Gasteiger partial charge in [-0.15, -0.1) is 0 Å². The summed E-state index contributed by atoms with van der Waals surface area (Å²) in [7, 11) is 0. The standard InChI is InChI=1S/C45H59N5O7/c1-2-10-42(52)47-22-24-55-26-28-57-30-29-56-27-25-54-23-20-43(53)46-21-9-3-4-13-39(51)31-34-16-18-35(19-17-34)44-49-41-15-8-7-14-40(41)45(50-44)48-38-32-36-11-5-6-12-37(36)33-38/h5-8,11-12,14-19,38H,2-4,9-10,13,20-33H2,1H3,(H,46,53)(H,47,52)(H,48,49,50). The first-order valence-electron chi connectivity index (χ1n) is 20.5. The van der Waals surface area contributed by atoms with Crippen molar-refractivity contribution < 1.29 is 33.3 Å². The molecule has 1 aromatic heterocycles. The van der Waals surface area contributed by atoms with E-state index in [1.165, 1.54) is 11.1 Å². The number of amides is 2. The molecule has 12 heteroatoms. The highest BCUT2D eigenvalue weighted by Crippen LogP contribution is 2.29. The Bertz CT molecular complexity index is 1810. The van der Waals surface area contributed by atoms with E-state index >= 15 is 0 Å². The van der Waals surface area contributed by atoms with E-state index in [1.54, 1.807) is 0 Å². The monoisotopic (exact) mass is 781 g/mol. The van der Waals surface area contributed by atoms with Crippen LogP contribution in [0.25, 0.3) is 22.3 Å². The van der Waals surface area contributed by atoms with Gasteiger partial charge in [0, 0.05) is 55.8 Å². The van der Waals surface area contributed by atoms with Gasteiger partial charge in [-0.3, -0.25) is 14.4 Å². The third kappa shape index (κ3) is 15.6. The largest absolute Gasteiger partial charge is 0.379 e. The van der Waals surface area contributed by atoms with E-state index in [0.717, 1.165) is 66.4 Å². The van der Waals surface area contributed by atoms with E-state index in [1.807, 2.05) is 49.4 Å². The van der Waals surface area contributed by atoms with Crippen LogP contribution in [0.2, 0.25) is 0 Å². The van der Waals surface area contributed by atoms with Crippen molar-refractivity contribution in [1.82, 2.24) is 20.6 Å². The molecule has 5 rings (SSSR count). The van der Waals surface area contributed by atoms with Crippen LogP contribution >= 0.6 is 0 Å². The summed E-state index contributed by atoms with van der Waals surface area (Å²) in [5.74, 6) is 1.72. The Hall–Kier alpha value is -4.75. The molecule has 0 spiro atoms. The average molecular weight is 782 g/mol. The number of anilines is 1. The number of Topliss-reactive ketones (excluding diaryl/α,β-unsaturated/α-hetero) is 1. The molecule has 0 bridgehead atoms. The van der Waals surface area contributed by atoms with Gasteiger partial charge in [0.15, 0.2) is 5.82 Å². The number of nitrogens with one attached hydrogen (secondary N) is 3. The fourth-order valence-electron chi connectivity index (χ4n) is 6.70. The number of ether oxygens (including phenoxy) is 4. The maximum atomic E-state index is 12.7. The summed E-state index contributed by atoms with van der Waals surface area (Å²) in [6.45, 7) is 6.54. The number of hydrogen-bond donors (Lipinski definition) is 3. The van der Waals surface area contributed by atoms with Gasteiger partial charge in [0.1, 0.15) is 11.6 Å². The predicted octanol–water partition coefficient (Wildman–Crippen LogP) is 6.04. The van der Waals surface area contributed by atoms with E-state index < -0.39 is 0 Å². The van der Waals surface area contributed by atoms with E-state index in [9.17, 15) is 14.4 Å². The maximum Gasteiger partial charge on any atom is 0.222 e. The molecule has 0 atom stereocenters. The average Bonchev–Trinajstić information content (AvgIpc) is 3.63. The molecule has 0 fully saturated rings. The summed E-state index contributed by atoms with van der Waals surface area (Å²) < 4.78 is 21.8. The number of unbranched alkanes of at least 4 members (excludes halogenated alkanes) is 2. The lowest BCUT2D eigenvalue weighted by Crippen LogP contribution is -2.27. The highest BCUT2D eigenvalue weighted by molar-refractivity contribution is 5.91. The number of benzene rings is 3. The van der Waals surface area contributed by atoms with Gasteiger partial charge >= 0.3 is 0 Å². The minimum atomic E-state index is -0.0456. The summed E-state index contributed by atoms with van der Waals surface area (Å²) in [5, 5.41) is 10.4. The third-order valence-electron chi connectivity index (χ3n) is 9.70. The van der Waals surface area contributed by atoms with Crippen LogP contribution in [0, 0.1) is 0 Å². The predicted molar refractivity (Wildman–Crippen MR) is 222 cm³/mol. The molecule has 12 nitrogen and oxygen atoms in total. The van der Waals surface area contributed by atoms with Crippen molar-refractivity contribution in [3.8, 4) is 11.4 Å². The van der Waals surface area contributed by atoms with Crippen molar-refractivity contribution in [2.45, 2.75) is 77.2 Å². The summed E-state index contributed by atoms with van der Waals surface area (Å²) >= 11 is 0. The van der Waals surface area contributed by atoms with Crippen LogP contribution in [-0.2, 0) is 52.6 Å². The second-order valence-electron chi connectivity index (χ2n) is 14.3. The lowest BCUT2D eigenvalue weighted by molar-refractivity contribution is -0.122. The van der Waals surface area contributed by atoms with E-state index in [4.69, 9.17) is 28.9 Å². The van der Waals surface area contributed by atoms with Gasteiger partial charge in [0.05, 0.1) is 58.4 Å². The van der Waals surface area contributed by atoms with Gasteiger partial charge in [0.2, 0.25) is 11.8 Å². The second kappa shape index (κ2) is 24.8. The topological polar surface area (TPSA) is 150 Å². The summed E-state index contributed by atoms with van der Waals surface area (Å²) in [4.78, 5) is 46.1. The van der Waals surface area contributed by atoms with Crippen LogP contribution in [0.1, 0.15) is 68.6 Å². The molecule has 0 aliphatic heterocycles. The number of ketones is 1. The molecule has 2 amide bonds. The van der Waals surface area contributed by atoms with Gasteiger partial charge in [0.25, 0.3) is 0 Å². The smallest absolute Gasteiger partial charge is 0.222 e. The number of hydrogen-bond acceptors (Lipinski definition) is 10. The molecular formula is C45H59N5O7. The molecule has 57 heavy (non-hydrogen) atoms. The van der Waals surface area contributed by atoms with Gasteiger partial charge in [-0.25, -0.2) is 9.97 Å². The molecule has 0 saturated heterocycles. The summed E-state index contributed by atoms with van der Waals surface area (Å²) in [6, 6.07) is 25.0. The van der Waals surface area contributed by atoms with Gasteiger partial charge in [-0.2, -0.15) is 0 Å². The normalized spacial score (nSPS) is 12.4. The van der Waals surface area contributed by atoms with Crippen LogP contribution in [0.3, 0.4) is 0 Å². The van der Waals surface area contributed by atoms with Gasteiger partial charge < -0.3 is 34.9 Å². The molecule has 1 aliphatic rings. The Morgan fingerprint density at radius 3 is 1.95 bits per heavy atom. The van der Waals surface area contributed by atoms with Crippen LogP contribution in [0.5, 0.6) is 0 Å². The minimum Gasteiger partial charge on any atom is -0.379 e. The SMILES string of the molecule is CCCC(=O)NCCOCCOCCOCCOCCC(=O)NCCCCCC(=O)Cc1ccc(-c2nc(NC3Cc4ccccc4C3)c3ccccc3n2)cc1. The Balaban J connectivity index is 0.868. The first kappa shape index (κ1) is 43.4. The molecule has 1 aliphatic carbocycles. The lowest BCUT2D eigenvalue weighted by Gasteiger charge is -2.16. The molecule has 0 radical (unpaired) electrons. The fraction of sp³-hybridized carbons (Fsp3) is 0.489. The number of aromatic nitrogens is 2. The van der Waals surface area contributed by atoms with Gasteiger partial charge in [-0.1, -0.05) is 74.0 Å². The number of carbonyl (C=O) groups excluding carboxylic acids is 3. The Morgan fingerprint density at radius 2 is 1.25 bits per heavy atom. The lowest BCUT2D eigenvalue weighted by atomic mass is 10.0. The van der Waals surface area contributed by atoms with Crippen molar-refractivity contribution in [1.29, 1.82) is 0 Å². The number of fused-ring (bicyclic) bond motifs is 2.